The summed E-state index contributed by atoms with van der Waals surface area (Å²) < 4.78 is 60.8. The lowest BCUT2D eigenvalue weighted by Crippen LogP contribution is -2.49. The van der Waals surface area contributed by atoms with Crippen LogP contribution in [0.25, 0.3) is 0 Å². The van der Waals surface area contributed by atoms with Crippen LogP contribution in [0, 0.1) is 5.92 Å². The van der Waals surface area contributed by atoms with Crippen LogP contribution >= 0.6 is 0 Å². The molecule has 1 aromatic carbocycles. The standard InChI is InChI=1S/C28H36N6O3.H2O7S2/c1-4-25(35)33-14-12-32(13-15-33)24(16-20-6-7-20)22-10-8-21(9-11-22)19(3)30-27-29-17-23-18-37-28(36)34(5-2)26(23)31-27;1-8(2,3)7-9(4,5)6/h4,8-11,17,19-20,24H,1,5-7,12-16,18H2,2-3H3,(H,29,30,31);(H,1,2,3)(H,4,5,6). The summed E-state index contributed by atoms with van der Waals surface area (Å²) in [6.45, 7) is 11.6. The first kappa shape index (κ1) is 35.2. The van der Waals surface area contributed by atoms with Crippen molar-refractivity contribution < 1.29 is 43.9 Å². The van der Waals surface area contributed by atoms with Gasteiger partial charge in [0.05, 0.1) is 11.6 Å². The van der Waals surface area contributed by atoms with Gasteiger partial charge in [-0.05, 0) is 43.4 Å². The van der Waals surface area contributed by atoms with E-state index in [1.165, 1.54) is 35.8 Å². The van der Waals surface area contributed by atoms with Crippen molar-refractivity contribution in [3.63, 3.8) is 0 Å². The fourth-order valence-electron chi connectivity index (χ4n) is 5.33. The molecule has 0 radical (unpaired) electrons. The zero-order valence-corrected chi connectivity index (χ0v) is 27.1. The van der Waals surface area contributed by atoms with Crippen LogP contribution in [0.1, 0.15) is 61.9 Å². The molecule has 2 aromatic rings. The lowest BCUT2D eigenvalue weighted by atomic mass is 9.96. The molecule has 252 valence electrons. The molecule has 3 aliphatic rings. The number of anilines is 2. The molecule has 0 spiro atoms. The number of ether oxygens (including phenoxy) is 1. The lowest BCUT2D eigenvalue weighted by molar-refractivity contribution is -0.128. The van der Waals surface area contributed by atoms with Crippen LogP contribution in [0.15, 0.2) is 43.1 Å². The van der Waals surface area contributed by atoms with E-state index in [0.717, 1.165) is 43.2 Å². The van der Waals surface area contributed by atoms with E-state index in [-0.39, 0.29) is 24.6 Å². The monoisotopic (exact) mass is 682 g/mol. The second-order valence-electron chi connectivity index (χ2n) is 11.1. The molecule has 2 aliphatic heterocycles. The summed E-state index contributed by atoms with van der Waals surface area (Å²) in [6.07, 6.45) is 6.56. The maximum Gasteiger partial charge on any atom is 0.415 e. The van der Waals surface area contributed by atoms with Gasteiger partial charge in [0.2, 0.25) is 11.9 Å². The normalized spacial score (nSPS) is 18.4. The summed E-state index contributed by atoms with van der Waals surface area (Å²) in [5.41, 5.74) is 3.28. The Morgan fingerprint density at radius 2 is 1.72 bits per heavy atom. The van der Waals surface area contributed by atoms with Gasteiger partial charge >= 0.3 is 26.9 Å². The van der Waals surface area contributed by atoms with Crippen LogP contribution in [-0.4, -0.2) is 90.4 Å². The summed E-state index contributed by atoms with van der Waals surface area (Å²) in [6, 6.07) is 9.20. The third kappa shape index (κ3) is 9.91. The van der Waals surface area contributed by atoms with Gasteiger partial charge in [-0.1, -0.05) is 43.7 Å². The summed E-state index contributed by atoms with van der Waals surface area (Å²) in [4.78, 5) is 39.1. The molecular formula is C28H38N6O10S2. The van der Waals surface area contributed by atoms with Gasteiger partial charge in [0.1, 0.15) is 12.4 Å². The average Bonchev–Trinajstić information content (AvgIpc) is 3.82. The fourth-order valence-corrected chi connectivity index (χ4v) is 6.20. The zero-order chi connectivity index (χ0) is 33.6. The summed E-state index contributed by atoms with van der Waals surface area (Å²) in [5, 5.41) is 3.39. The molecule has 1 saturated heterocycles. The van der Waals surface area contributed by atoms with E-state index in [1.807, 2.05) is 11.8 Å². The second kappa shape index (κ2) is 14.8. The Morgan fingerprint density at radius 1 is 1.11 bits per heavy atom. The topological polar surface area (TPSA) is 209 Å². The molecule has 2 unspecified atom stereocenters. The highest BCUT2D eigenvalue weighted by Crippen LogP contribution is 2.40. The van der Waals surface area contributed by atoms with Crippen LogP contribution in [0.5, 0.6) is 0 Å². The minimum atomic E-state index is -5.12. The van der Waals surface area contributed by atoms with Crippen molar-refractivity contribution in [2.45, 2.75) is 51.8 Å². The Morgan fingerprint density at radius 3 is 2.24 bits per heavy atom. The third-order valence-electron chi connectivity index (χ3n) is 7.82. The Labute approximate surface area is 268 Å². The second-order valence-corrected chi connectivity index (χ2v) is 13.3. The van der Waals surface area contributed by atoms with Gasteiger partial charge in [0.15, 0.2) is 0 Å². The van der Waals surface area contributed by atoms with Crippen LogP contribution in [0.3, 0.4) is 0 Å². The van der Waals surface area contributed by atoms with Gasteiger partial charge in [-0.25, -0.2) is 9.78 Å². The molecule has 2 fully saturated rings. The predicted molar refractivity (Wildman–Crippen MR) is 166 cm³/mol. The number of benzene rings is 1. The highest BCUT2D eigenvalue weighted by Gasteiger charge is 2.32. The molecule has 46 heavy (non-hydrogen) atoms. The first-order valence-electron chi connectivity index (χ1n) is 14.6. The van der Waals surface area contributed by atoms with Crippen LogP contribution in [0.2, 0.25) is 0 Å². The highest BCUT2D eigenvalue weighted by atomic mass is 32.3. The molecule has 3 N–H and O–H groups in total. The molecule has 1 aromatic heterocycles. The minimum absolute atomic E-state index is 0.00642. The van der Waals surface area contributed by atoms with E-state index in [9.17, 15) is 26.4 Å². The summed E-state index contributed by atoms with van der Waals surface area (Å²) in [7, 11) is -10.2. The van der Waals surface area contributed by atoms with E-state index in [0.29, 0.717) is 24.4 Å². The summed E-state index contributed by atoms with van der Waals surface area (Å²) in [5.74, 6) is 1.92. The first-order valence-corrected chi connectivity index (χ1v) is 17.4. The number of nitrogens with zero attached hydrogens (tertiary/aromatic N) is 5. The Balaban J connectivity index is 0.000000468. The van der Waals surface area contributed by atoms with E-state index in [4.69, 9.17) is 13.8 Å². The van der Waals surface area contributed by atoms with Crippen LogP contribution in [0.4, 0.5) is 16.6 Å². The Kier molecular flexibility index (Phi) is 11.3. The molecule has 0 bridgehead atoms. The number of aromatic nitrogens is 2. The quantitative estimate of drug-likeness (QED) is 0.230. The zero-order valence-electron chi connectivity index (χ0n) is 25.5. The molecule has 2 amide bonds. The van der Waals surface area contributed by atoms with Gasteiger partial charge in [0.25, 0.3) is 0 Å². The maximum absolute atomic E-state index is 12.1. The predicted octanol–water partition coefficient (Wildman–Crippen LogP) is 2.91. The largest absolute Gasteiger partial charge is 0.444 e. The molecule has 5 rings (SSSR count). The highest BCUT2D eigenvalue weighted by molar-refractivity contribution is 7.94. The van der Waals surface area contributed by atoms with Gasteiger partial charge < -0.3 is 15.0 Å². The lowest BCUT2D eigenvalue weighted by Gasteiger charge is -2.39. The number of hydrogen-bond donors (Lipinski definition) is 3. The molecule has 1 aliphatic carbocycles. The van der Waals surface area contributed by atoms with Crippen LogP contribution < -0.4 is 10.2 Å². The molecule has 3 heterocycles. The molecule has 2 atom stereocenters. The number of carbonyl (C=O) groups is 2. The Hall–Kier alpha value is -3.68. The Bertz CT molecular complexity index is 1600. The van der Waals surface area contributed by atoms with Gasteiger partial charge in [-0.2, -0.15) is 21.8 Å². The smallest absolute Gasteiger partial charge is 0.415 e. The summed E-state index contributed by atoms with van der Waals surface area (Å²) >= 11 is 0. The van der Waals surface area contributed by atoms with Crippen molar-refractivity contribution in [1.82, 2.24) is 19.8 Å². The maximum atomic E-state index is 12.1. The number of carbonyl (C=O) groups excluding carboxylic acids is 2. The third-order valence-corrected chi connectivity index (χ3v) is 9.19. The minimum Gasteiger partial charge on any atom is -0.444 e. The van der Waals surface area contributed by atoms with Crippen molar-refractivity contribution in [3.8, 4) is 0 Å². The number of rotatable bonds is 11. The number of nitrogens with one attached hydrogen (secondary N) is 1. The van der Waals surface area contributed by atoms with E-state index >= 15 is 0 Å². The fraction of sp³-hybridized carbons (Fsp3) is 0.500. The SMILES string of the molecule is C=CC(=O)N1CCN(C(CC2CC2)c2ccc(C(C)Nc3ncc4c(n3)N(CC)C(=O)OC4)cc2)CC1.O=S(=O)(O)OS(=O)(=O)O. The van der Waals surface area contributed by atoms with Crippen molar-refractivity contribution >= 4 is 44.6 Å². The molecule has 18 heteroatoms. The molecular weight excluding hydrogens is 644 g/mol. The van der Waals surface area contributed by atoms with Gasteiger partial charge in [-0.3, -0.25) is 23.7 Å². The molecule has 1 saturated carbocycles. The van der Waals surface area contributed by atoms with Gasteiger partial charge in [0, 0.05) is 45.0 Å². The van der Waals surface area contributed by atoms with Crippen molar-refractivity contribution in [2.24, 2.45) is 5.92 Å². The van der Waals surface area contributed by atoms with Crippen molar-refractivity contribution in [2.75, 3.05) is 42.9 Å². The van der Waals surface area contributed by atoms with E-state index < -0.39 is 20.8 Å². The van der Waals surface area contributed by atoms with E-state index in [2.05, 4.69) is 61.6 Å². The van der Waals surface area contributed by atoms with Crippen LogP contribution in [-0.2, 0) is 40.6 Å². The van der Waals surface area contributed by atoms with Gasteiger partial charge in [-0.15, -0.1) is 3.63 Å². The average molecular weight is 683 g/mol. The van der Waals surface area contributed by atoms with E-state index in [1.54, 1.807) is 6.20 Å². The number of amides is 2. The molecule has 16 nitrogen and oxygen atoms in total. The van der Waals surface area contributed by atoms with Crippen molar-refractivity contribution in [1.29, 1.82) is 0 Å². The number of hydrogen-bond acceptors (Lipinski definition) is 12. The number of piperazine rings is 1. The number of fused-ring (bicyclic) bond motifs is 1. The van der Waals surface area contributed by atoms with Crippen molar-refractivity contribution in [3.05, 3.63) is 59.8 Å². The number of cyclic esters (lactones) is 1. The first-order chi connectivity index (χ1) is 21.7.